The first kappa shape index (κ1) is 53.8. The Morgan fingerprint density at radius 1 is 0.500 bits per heavy atom. The van der Waals surface area contributed by atoms with E-state index in [1.54, 1.807) is 6.08 Å². The minimum atomic E-state index is -0.875. The molecule has 0 aromatic carbocycles. The zero-order chi connectivity index (χ0) is 40.8. The molecular formula is C50H91NO5. The van der Waals surface area contributed by atoms with E-state index in [9.17, 15) is 19.8 Å². The summed E-state index contributed by atoms with van der Waals surface area (Å²) in [6.45, 7) is 4.75. The molecule has 0 aliphatic rings. The van der Waals surface area contributed by atoms with Crippen LogP contribution >= 0.6 is 0 Å². The monoisotopic (exact) mass is 786 g/mol. The zero-order valence-electron chi connectivity index (χ0n) is 36.8. The average molecular weight is 786 g/mol. The Kier molecular flexibility index (Phi) is 43.7. The molecule has 0 aliphatic heterocycles. The maximum Gasteiger partial charge on any atom is 0.305 e. The lowest BCUT2D eigenvalue weighted by Crippen LogP contribution is -2.45. The van der Waals surface area contributed by atoms with Crippen LogP contribution in [0.25, 0.3) is 0 Å². The second-order valence-electron chi connectivity index (χ2n) is 16.1. The number of allylic oxidation sites excluding steroid dienone is 7. The Morgan fingerprint density at radius 3 is 1.45 bits per heavy atom. The minimum Gasteiger partial charge on any atom is -0.466 e. The van der Waals surface area contributed by atoms with E-state index >= 15 is 0 Å². The smallest absolute Gasteiger partial charge is 0.305 e. The van der Waals surface area contributed by atoms with E-state index in [-0.39, 0.29) is 18.5 Å². The van der Waals surface area contributed by atoms with Crippen LogP contribution in [0.15, 0.2) is 48.6 Å². The van der Waals surface area contributed by atoms with Gasteiger partial charge in [-0.1, -0.05) is 184 Å². The molecular weight excluding hydrogens is 695 g/mol. The molecule has 0 radical (unpaired) electrons. The van der Waals surface area contributed by atoms with Crippen molar-refractivity contribution in [1.29, 1.82) is 0 Å². The molecule has 0 saturated heterocycles. The fourth-order valence-electron chi connectivity index (χ4n) is 6.84. The molecule has 0 aromatic rings. The fourth-order valence-corrected chi connectivity index (χ4v) is 6.84. The molecule has 3 N–H and O–H groups in total. The average Bonchev–Trinajstić information content (AvgIpc) is 3.20. The number of unbranched alkanes of at least 4 members (excludes halogenated alkanes) is 26. The van der Waals surface area contributed by atoms with Crippen molar-refractivity contribution < 1.29 is 24.5 Å². The van der Waals surface area contributed by atoms with Crippen LogP contribution in [0.3, 0.4) is 0 Å². The summed E-state index contributed by atoms with van der Waals surface area (Å²) in [5, 5.41) is 22.9. The van der Waals surface area contributed by atoms with Crippen LogP contribution in [0.1, 0.15) is 232 Å². The maximum absolute atomic E-state index is 12.3. The van der Waals surface area contributed by atoms with Crippen LogP contribution in [0, 0.1) is 0 Å². The summed E-state index contributed by atoms with van der Waals surface area (Å²) in [4.78, 5) is 24.4. The SMILES string of the molecule is CCCCC/C=C\C/C=C\CCCCCCCCCCCC(=O)OCCCCCC/C=C\CCCC(=O)NC(CO)C(O)/C=C/CCCCCCCCCCC. The van der Waals surface area contributed by atoms with E-state index in [1.165, 1.54) is 128 Å². The Labute approximate surface area is 346 Å². The third kappa shape index (κ3) is 41.5. The van der Waals surface area contributed by atoms with Crippen molar-refractivity contribution >= 4 is 11.9 Å². The largest absolute Gasteiger partial charge is 0.466 e. The number of carbonyl (C=O) groups excluding carboxylic acids is 2. The van der Waals surface area contributed by atoms with Gasteiger partial charge in [0.15, 0.2) is 0 Å². The van der Waals surface area contributed by atoms with Crippen molar-refractivity contribution in [2.24, 2.45) is 0 Å². The second-order valence-corrected chi connectivity index (χ2v) is 16.1. The summed E-state index contributed by atoms with van der Waals surface area (Å²) in [6, 6.07) is -0.665. The topological polar surface area (TPSA) is 95.9 Å². The quantitative estimate of drug-likeness (QED) is 0.0325. The highest BCUT2D eigenvalue weighted by molar-refractivity contribution is 5.76. The van der Waals surface area contributed by atoms with Gasteiger partial charge in [0, 0.05) is 12.8 Å². The van der Waals surface area contributed by atoms with Gasteiger partial charge in [-0.3, -0.25) is 9.59 Å². The molecule has 0 saturated carbocycles. The van der Waals surface area contributed by atoms with Crippen LogP contribution < -0.4 is 5.32 Å². The summed E-state index contributed by atoms with van der Waals surface area (Å²) < 4.78 is 5.44. The summed E-state index contributed by atoms with van der Waals surface area (Å²) in [5.41, 5.74) is 0. The van der Waals surface area contributed by atoms with Gasteiger partial charge in [0.2, 0.25) is 5.91 Å². The molecule has 1 amide bonds. The Morgan fingerprint density at radius 2 is 0.911 bits per heavy atom. The highest BCUT2D eigenvalue weighted by atomic mass is 16.5. The van der Waals surface area contributed by atoms with Gasteiger partial charge < -0.3 is 20.3 Å². The predicted octanol–water partition coefficient (Wildman–Crippen LogP) is 13.9. The predicted molar refractivity (Wildman–Crippen MR) is 241 cm³/mol. The molecule has 326 valence electrons. The Hall–Kier alpha value is -2.18. The second kappa shape index (κ2) is 45.5. The molecule has 0 fully saturated rings. The van der Waals surface area contributed by atoms with Gasteiger partial charge in [-0.2, -0.15) is 0 Å². The molecule has 56 heavy (non-hydrogen) atoms. The third-order valence-corrected chi connectivity index (χ3v) is 10.6. The number of hydrogen-bond acceptors (Lipinski definition) is 5. The molecule has 0 rings (SSSR count). The molecule has 2 atom stereocenters. The molecule has 0 aliphatic carbocycles. The highest BCUT2D eigenvalue weighted by Gasteiger charge is 2.17. The number of carbonyl (C=O) groups is 2. The van der Waals surface area contributed by atoms with Gasteiger partial charge in [-0.15, -0.1) is 0 Å². The van der Waals surface area contributed by atoms with Crippen LogP contribution in [-0.4, -0.2) is 47.4 Å². The van der Waals surface area contributed by atoms with Gasteiger partial charge in [-0.25, -0.2) is 0 Å². The standard InChI is InChI=1S/C50H91NO5/c1-3-5-7-9-11-13-15-16-17-18-19-20-21-22-24-28-32-36-40-44-50(55)56-45-41-37-33-29-25-27-31-35-39-43-49(54)51-47(46-52)48(53)42-38-34-30-26-23-14-12-10-8-6-4-2/h11,13,16-17,27,31,38,42,47-48,52-53H,3-10,12,14-15,18-26,28-30,32-37,39-41,43-46H2,1-2H3,(H,51,54)/b13-11-,17-16-,31-27-,42-38+. The normalized spacial score (nSPS) is 13.1. The first-order valence-corrected chi connectivity index (χ1v) is 23.9. The van der Waals surface area contributed by atoms with Crippen molar-refractivity contribution in [1.82, 2.24) is 5.32 Å². The van der Waals surface area contributed by atoms with E-state index in [4.69, 9.17) is 4.74 Å². The molecule has 0 spiro atoms. The number of rotatable bonds is 43. The summed E-state index contributed by atoms with van der Waals surface area (Å²) in [6.07, 6.45) is 55.4. The zero-order valence-corrected chi connectivity index (χ0v) is 36.8. The summed E-state index contributed by atoms with van der Waals surface area (Å²) in [7, 11) is 0. The Balaban J connectivity index is 3.56. The van der Waals surface area contributed by atoms with Crippen molar-refractivity contribution in [2.75, 3.05) is 13.2 Å². The fraction of sp³-hybridized carbons (Fsp3) is 0.800. The number of amides is 1. The molecule has 0 aromatic heterocycles. The lowest BCUT2D eigenvalue weighted by Gasteiger charge is -2.19. The number of esters is 1. The number of nitrogens with one attached hydrogen (secondary N) is 1. The molecule has 0 bridgehead atoms. The highest BCUT2D eigenvalue weighted by Crippen LogP contribution is 2.14. The van der Waals surface area contributed by atoms with E-state index in [0.717, 1.165) is 77.0 Å². The number of aliphatic hydroxyl groups is 2. The number of ether oxygens (including phenoxy) is 1. The van der Waals surface area contributed by atoms with Gasteiger partial charge in [-0.05, 0) is 83.5 Å². The van der Waals surface area contributed by atoms with Crippen LogP contribution in [0.4, 0.5) is 0 Å². The Bertz CT molecular complexity index is 957. The molecule has 2 unspecified atom stereocenters. The molecule has 0 heterocycles. The summed E-state index contributed by atoms with van der Waals surface area (Å²) >= 11 is 0. The van der Waals surface area contributed by atoms with Crippen LogP contribution in [0.2, 0.25) is 0 Å². The van der Waals surface area contributed by atoms with Crippen molar-refractivity contribution in [3.63, 3.8) is 0 Å². The van der Waals surface area contributed by atoms with Gasteiger partial charge in [0.25, 0.3) is 0 Å². The number of aliphatic hydroxyl groups excluding tert-OH is 2. The van der Waals surface area contributed by atoms with Crippen LogP contribution in [0.5, 0.6) is 0 Å². The van der Waals surface area contributed by atoms with E-state index < -0.39 is 12.1 Å². The first-order chi connectivity index (χ1) is 27.5. The van der Waals surface area contributed by atoms with Gasteiger partial charge >= 0.3 is 5.97 Å². The van der Waals surface area contributed by atoms with E-state index in [1.807, 2.05) is 6.08 Å². The first-order valence-electron chi connectivity index (χ1n) is 23.9. The molecule has 6 nitrogen and oxygen atoms in total. The van der Waals surface area contributed by atoms with Crippen LogP contribution in [-0.2, 0) is 14.3 Å². The van der Waals surface area contributed by atoms with Gasteiger partial charge in [0.1, 0.15) is 0 Å². The third-order valence-electron chi connectivity index (χ3n) is 10.6. The van der Waals surface area contributed by atoms with Crippen molar-refractivity contribution in [3.05, 3.63) is 48.6 Å². The number of hydrogen-bond donors (Lipinski definition) is 3. The summed E-state index contributed by atoms with van der Waals surface area (Å²) in [5.74, 6) is -0.175. The maximum atomic E-state index is 12.3. The van der Waals surface area contributed by atoms with Gasteiger partial charge in [0.05, 0.1) is 25.4 Å². The molecule has 6 heteroatoms. The lowest BCUT2D eigenvalue weighted by atomic mass is 10.1. The minimum absolute atomic E-state index is 0.0434. The lowest BCUT2D eigenvalue weighted by molar-refractivity contribution is -0.143. The van der Waals surface area contributed by atoms with E-state index in [0.29, 0.717) is 19.4 Å². The van der Waals surface area contributed by atoms with Crippen molar-refractivity contribution in [3.8, 4) is 0 Å². The van der Waals surface area contributed by atoms with Crippen molar-refractivity contribution in [2.45, 2.75) is 244 Å². The van der Waals surface area contributed by atoms with E-state index in [2.05, 4.69) is 55.6 Å².